The van der Waals surface area contributed by atoms with E-state index in [1.54, 1.807) is 0 Å². The van der Waals surface area contributed by atoms with E-state index in [1.807, 2.05) is 0 Å². The number of ether oxygens (including phenoxy) is 1. The number of hydrogen-bond acceptors (Lipinski definition) is 3. The first-order chi connectivity index (χ1) is 6.99. The number of carbonyl (C=O) groups excluding carboxylic acids is 1. The molecule has 1 aliphatic carbocycles. The van der Waals surface area contributed by atoms with Crippen molar-refractivity contribution in [3.8, 4) is 0 Å². The van der Waals surface area contributed by atoms with Gasteiger partial charge in [-0.1, -0.05) is 6.42 Å². The van der Waals surface area contributed by atoms with Gasteiger partial charge in [0.1, 0.15) is 0 Å². The number of amides is 1. The van der Waals surface area contributed by atoms with Crippen molar-refractivity contribution in [2.45, 2.75) is 31.7 Å². The van der Waals surface area contributed by atoms with E-state index in [2.05, 4.69) is 5.32 Å². The number of rotatable bonds is 5. The van der Waals surface area contributed by atoms with E-state index in [0.29, 0.717) is 0 Å². The van der Waals surface area contributed by atoms with Gasteiger partial charge in [0.25, 0.3) is 0 Å². The Labute approximate surface area is 88.8 Å². The molecule has 1 atom stereocenters. The Kier molecular flexibility index (Phi) is 3.68. The summed E-state index contributed by atoms with van der Waals surface area (Å²) >= 11 is 0. The van der Waals surface area contributed by atoms with E-state index in [1.165, 1.54) is 14.0 Å². The number of hydrogen-bond donors (Lipinski definition) is 2. The van der Waals surface area contributed by atoms with Crippen LogP contribution in [0.1, 0.15) is 26.2 Å². The van der Waals surface area contributed by atoms with Crippen LogP contribution in [0.5, 0.6) is 0 Å². The molecule has 2 N–H and O–H groups in total. The minimum absolute atomic E-state index is 0.0134. The summed E-state index contributed by atoms with van der Waals surface area (Å²) in [6, 6.07) is 0. The fraction of sp³-hybridized carbons (Fsp3) is 0.800. The Morgan fingerprint density at radius 3 is 2.47 bits per heavy atom. The first-order valence-corrected chi connectivity index (χ1v) is 5.04. The predicted molar refractivity (Wildman–Crippen MR) is 53.4 cm³/mol. The number of nitrogens with one attached hydrogen (secondary N) is 1. The van der Waals surface area contributed by atoms with Crippen molar-refractivity contribution < 1.29 is 19.4 Å². The highest BCUT2D eigenvalue weighted by molar-refractivity contribution is 5.88. The van der Waals surface area contributed by atoms with E-state index >= 15 is 0 Å². The first kappa shape index (κ1) is 12.0. The average molecular weight is 215 g/mol. The summed E-state index contributed by atoms with van der Waals surface area (Å²) in [6.07, 6.45) is 2.76. The van der Waals surface area contributed by atoms with Crippen LogP contribution in [0, 0.1) is 5.92 Å². The standard InChI is InChI=1S/C10H17NO4/c1-10(6-15-2,9(13)14)11-8(12)7-4-3-5-7/h7H,3-6H2,1-2H3,(H,11,12)(H,13,14). The molecular weight excluding hydrogens is 198 g/mol. The molecule has 5 nitrogen and oxygen atoms in total. The molecule has 1 rings (SSSR count). The summed E-state index contributed by atoms with van der Waals surface area (Å²) in [4.78, 5) is 22.6. The van der Waals surface area contributed by atoms with Crippen molar-refractivity contribution in [1.29, 1.82) is 0 Å². The molecule has 0 bridgehead atoms. The lowest BCUT2D eigenvalue weighted by atomic mass is 9.84. The van der Waals surface area contributed by atoms with Crippen LogP contribution in [-0.4, -0.2) is 36.2 Å². The third kappa shape index (κ3) is 2.68. The van der Waals surface area contributed by atoms with Crippen molar-refractivity contribution in [3.63, 3.8) is 0 Å². The second kappa shape index (κ2) is 4.61. The van der Waals surface area contributed by atoms with Gasteiger partial charge in [-0.2, -0.15) is 0 Å². The van der Waals surface area contributed by atoms with Crippen molar-refractivity contribution in [1.82, 2.24) is 5.32 Å². The molecule has 0 aromatic rings. The van der Waals surface area contributed by atoms with Gasteiger partial charge in [-0.05, 0) is 19.8 Å². The average Bonchev–Trinajstić information content (AvgIpc) is 1.99. The van der Waals surface area contributed by atoms with Crippen molar-refractivity contribution in [2.24, 2.45) is 5.92 Å². The van der Waals surface area contributed by atoms with Gasteiger partial charge in [0.05, 0.1) is 6.61 Å². The topological polar surface area (TPSA) is 75.6 Å². The van der Waals surface area contributed by atoms with Crippen molar-refractivity contribution in [2.75, 3.05) is 13.7 Å². The second-order valence-corrected chi connectivity index (χ2v) is 4.19. The zero-order valence-electron chi connectivity index (χ0n) is 9.08. The van der Waals surface area contributed by atoms with Gasteiger partial charge >= 0.3 is 5.97 Å². The highest BCUT2D eigenvalue weighted by Gasteiger charge is 2.37. The molecule has 0 saturated heterocycles. The van der Waals surface area contributed by atoms with Crippen molar-refractivity contribution in [3.05, 3.63) is 0 Å². The third-order valence-electron chi connectivity index (χ3n) is 2.78. The number of carboxylic acids is 1. The zero-order valence-corrected chi connectivity index (χ0v) is 9.08. The maximum Gasteiger partial charge on any atom is 0.331 e. The lowest BCUT2D eigenvalue weighted by molar-refractivity contribution is -0.150. The normalized spacial score (nSPS) is 20.1. The van der Waals surface area contributed by atoms with E-state index in [-0.39, 0.29) is 18.4 Å². The summed E-state index contributed by atoms with van der Waals surface area (Å²) < 4.78 is 4.81. The van der Waals surface area contributed by atoms with Crippen LogP contribution in [0.4, 0.5) is 0 Å². The van der Waals surface area contributed by atoms with Gasteiger partial charge in [0.2, 0.25) is 5.91 Å². The summed E-state index contributed by atoms with van der Waals surface area (Å²) in [5.74, 6) is -1.26. The molecule has 15 heavy (non-hydrogen) atoms. The summed E-state index contributed by atoms with van der Waals surface area (Å²) in [7, 11) is 1.41. The van der Waals surface area contributed by atoms with Crippen LogP contribution < -0.4 is 5.32 Å². The lowest BCUT2D eigenvalue weighted by Gasteiger charge is -2.30. The van der Waals surface area contributed by atoms with Crippen LogP contribution in [0.3, 0.4) is 0 Å². The van der Waals surface area contributed by atoms with Gasteiger partial charge in [0.15, 0.2) is 5.54 Å². The first-order valence-electron chi connectivity index (χ1n) is 5.04. The SMILES string of the molecule is COCC(C)(NC(=O)C1CCC1)C(=O)O. The predicted octanol–water partition coefficient (Wildman–Crippen LogP) is 0.392. The Morgan fingerprint density at radius 2 is 2.13 bits per heavy atom. The van der Waals surface area contributed by atoms with E-state index in [9.17, 15) is 9.59 Å². The molecule has 1 fully saturated rings. The molecule has 0 aliphatic heterocycles. The summed E-state index contributed by atoms with van der Waals surface area (Å²) in [6.45, 7) is 1.43. The lowest BCUT2D eigenvalue weighted by Crippen LogP contribution is -2.57. The molecule has 1 saturated carbocycles. The Bertz CT molecular complexity index is 262. The minimum Gasteiger partial charge on any atom is -0.479 e. The Hall–Kier alpha value is -1.10. The molecule has 86 valence electrons. The maximum absolute atomic E-state index is 11.6. The van der Waals surface area contributed by atoms with Gasteiger partial charge < -0.3 is 15.2 Å². The van der Waals surface area contributed by atoms with Gasteiger partial charge in [-0.15, -0.1) is 0 Å². The summed E-state index contributed by atoms with van der Waals surface area (Å²) in [5, 5.41) is 11.5. The molecule has 5 heteroatoms. The van der Waals surface area contributed by atoms with Crippen LogP contribution in [0.25, 0.3) is 0 Å². The highest BCUT2D eigenvalue weighted by atomic mass is 16.5. The van der Waals surface area contributed by atoms with Crippen LogP contribution in [0.2, 0.25) is 0 Å². The van der Waals surface area contributed by atoms with Gasteiger partial charge in [0, 0.05) is 13.0 Å². The van der Waals surface area contributed by atoms with Gasteiger partial charge in [-0.3, -0.25) is 4.79 Å². The highest BCUT2D eigenvalue weighted by Crippen LogP contribution is 2.27. The molecule has 0 radical (unpaired) electrons. The van der Waals surface area contributed by atoms with E-state index in [4.69, 9.17) is 9.84 Å². The maximum atomic E-state index is 11.6. The van der Waals surface area contributed by atoms with Crippen LogP contribution >= 0.6 is 0 Å². The van der Waals surface area contributed by atoms with Crippen molar-refractivity contribution >= 4 is 11.9 Å². The fourth-order valence-electron chi connectivity index (χ4n) is 1.48. The van der Waals surface area contributed by atoms with E-state index in [0.717, 1.165) is 19.3 Å². The number of methoxy groups -OCH3 is 1. The third-order valence-corrected chi connectivity index (χ3v) is 2.78. The van der Waals surface area contributed by atoms with Crippen LogP contribution in [0.15, 0.2) is 0 Å². The second-order valence-electron chi connectivity index (χ2n) is 4.19. The fourth-order valence-corrected chi connectivity index (χ4v) is 1.48. The molecule has 0 aromatic carbocycles. The summed E-state index contributed by atoms with van der Waals surface area (Å²) in [5.41, 5.74) is -1.32. The number of carboxylic acid groups (broad SMARTS) is 1. The Balaban J connectivity index is 2.57. The van der Waals surface area contributed by atoms with Crippen LogP contribution in [-0.2, 0) is 14.3 Å². The quantitative estimate of drug-likeness (QED) is 0.695. The molecule has 1 unspecified atom stereocenters. The van der Waals surface area contributed by atoms with E-state index < -0.39 is 11.5 Å². The molecule has 0 aromatic heterocycles. The minimum atomic E-state index is -1.32. The van der Waals surface area contributed by atoms with Gasteiger partial charge in [-0.25, -0.2) is 4.79 Å². The number of carbonyl (C=O) groups is 2. The molecule has 1 aliphatic rings. The smallest absolute Gasteiger partial charge is 0.331 e. The number of aliphatic carboxylic acids is 1. The Morgan fingerprint density at radius 1 is 1.53 bits per heavy atom. The monoisotopic (exact) mass is 215 g/mol. The molecule has 1 amide bonds. The molecule has 0 spiro atoms. The largest absolute Gasteiger partial charge is 0.479 e. The molecule has 0 heterocycles. The molecular formula is C10H17NO4. The zero-order chi connectivity index (χ0) is 11.5.